The standard InChI is InChI=1S/C22H21N5O2/c1-2-13(1)9-20-23-22(27-25-20)15-4-6-19-18(11-15)21(26-24-19)14-3-5-16-12-17(10-14)29-8-7-28-16/h3-6,10-11,13H,1-2,7-9,12H2,(H,24,26)(H,23,25,27). The van der Waals surface area contributed by atoms with Crippen molar-refractivity contribution in [2.24, 2.45) is 5.92 Å². The van der Waals surface area contributed by atoms with Gasteiger partial charge in [-0.3, -0.25) is 10.2 Å². The lowest BCUT2D eigenvalue weighted by molar-refractivity contribution is 0.149. The lowest BCUT2D eigenvalue weighted by Gasteiger charge is -2.05. The Balaban J connectivity index is 1.39. The van der Waals surface area contributed by atoms with E-state index in [9.17, 15) is 0 Å². The Morgan fingerprint density at radius 3 is 2.79 bits per heavy atom. The molecular weight excluding hydrogens is 366 g/mol. The molecule has 2 fully saturated rings. The predicted octanol–water partition coefficient (Wildman–Crippen LogP) is 3.90. The van der Waals surface area contributed by atoms with Gasteiger partial charge in [-0.2, -0.15) is 10.2 Å². The summed E-state index contributed by atoms with van der Waals surface area (Å²) in [6, 6.07) is 6.17. The van der Waals surface area contributed by atoms with Crippen molar-refractivity contribution >= 4 is 16.5 Å². The smallest absolute Gasteiger partial charge is 0.181 e. The zero-order valence-electron chi connectivity index (χ0n) is 15.9. The summed E-state index contributed by atoms with van der Waals surface area (Å²) in [5, 5.41) is 16.3. The first-order chi connectivity index (χ1) is 14.3. The van der Waals surface area contributed by atoms with Crippen LogP contribution in [0.15, 0.2) is 47.9 Å². The van der Waals surface area contributed by atoms with Gasteiger partial charge < -0.3 is 9.47 Å². The van der Waals surface area contributed by atoms with Gasteiger partial charge in [-0.25, -0.2) is 4.98 Å². The van der Waals surface area contributed by atoms with Gasteiger partial charge in [0.05, 0.1) is 11.9 Å². The third kappa shape index (κ3) is 3.22. The van der Waals surface area contributed by atoms with Gasteiger partial charge in [0.2, 0.25) is 0 Å². The molecule has 2 bridgehead atoms. The number of ether oxygens (including phenoxy) is 2. The minimum absolute atomic E-state index is 0.565. The number of benzene rings is 1. The summed E-state index contributed by atoms with van der Waals surface area (Å²) in [7, 11) is 0. The molecule has 2 N–H and O–H groups in total. The molecule has 3 aliphatic rings. The van der Waals surface area contributed by atoms with Crippen molar-refractivity contribution in [2.75, 3.05) is 13.2 Å². The van der Waals surface area contributed by atoms with E-state index in [4.69, 9.17) is 14.5 Å². The van der Waals surface area contributed by atoms with Crippen LogP contribution in [0.3, 0.4) is 0 Å². The van der Waals surface area contributed by atoms with Crippen molar-refractivity contribution in [1.82, 2.24) is 25.4 Å². The lowest BCUT2D eigenvalue weighted by Crippen LogP contribution is -1.97. The van der Waals surface area contributed by atoms with Crippen molar-refractivity contribution in [1.29, 1.82) is 0 Å². The van der Waals surface area contributed by atoms with Gasteiger partial charge in [0.15, 0.2) is 5.82 Å². The number of hydrogen-bond donors (Lipinski definition) is 2. The van der Waals surface area contributed by atoms with E-state index in [1.807, 2.05) is 24.3 Å². The highest BCUT2D eigenvalue weighted by Gasteiger charge is 2.23. The summed E-state index contributed by atoms with van der Waals surface area (Å²) < 4.78 is 11.5. The molecule has 3 heterocycles. The third-order valence-corrected chi connectivity index (χ3v) is 5.58. The van der Waals surface area contributed by atoms with Crippen LogP contribution >= 0.6 is 0 Å². The largest absolute Gasteiger partial charge is 0.494 e. The van der Waals surface area contributed by atoms with Crippen molar-refractivity contribution in [3.05, 3.63) is 59.5 Å². The molecule has 2 aromatic heterocycles. The van der Waals surface area contributed by atoms with Gasteiger partial charge in [-0.1, -0.05) is 0 Å². The van der Waals surface area contributed by atoms with Crippen molar-refractivity contribution in [3.8, 4) is 11.4 Å². The Kier molecular flexibility index (Phi) is 3.78. The second-order valence-electron chi connectivity index (χ2n) is 7.83. The van der Waals surface area contributed by atoms with Crippen LogP contribution in [0.1, 0.15) is 30.8 Å². The number of nitrogens with zero attached hydrogens (tertiary/aromatic N) is 3. The summed E-state index contributed by atoms with van der Waals surface area (Å²) in [6.07, 6.45) is 10.4. The highest BCUT2D eigenvalue weighted by molar-refractivity contribution is 5.95. The molecule has 7 nitrogen and oxygen atoms in total. The predicted molar refractivity (Wildman–Crippen MR) is 109 cm³/mol. The van der Waals surface area contributed by atoms with Crippen LogP contribution in [0, 0.1) is 5.92 Å². The number of hydrogen-bond acceptors (Lipinski definition) is 5. The van der Waals surface area contributed by atoms with Crippen LogP contribution in [-0.4, -0.2) is 38.6 Å². The van der Waals surface area contributed by atoms with Crippen LogP contribution in [0.4, 0.5) is 0 Å². The first-order valence-corrected chi connectivity index (χ1v) is 10.1. The zero-order chi connectivity index (χ0) is 19.2. The number of aromatic amines is 2. The first-order valence-electron chi connectivity index (χ1n) is 10.1. The van der Waals surface area contributed by atoms with Crippen LogP contribution in [-0.2, 0) is 15.9 Å². The Hall–Kier alpha value is -3.35. The number of rotatable bonds is 4. The van der Waals surface area contributed by atoms with Crippen LogP contribution in [0.2, 0.25) is 0 Å². The molecule has 0 amide bonds. The molecule has 0 unspecified atom stereocenters. The number of aromatic nitrogens is 5. The summed E-state index contributed by atoms with van der Waals surface area (Å²) in [5.74, 6) is 4.31. The van der Waals surface area contributed by atoms with Gasteiger partial charge in [0, 0.05) is 22.9 Å². The Labute approximate surface area is 167 Å². The summed E-state index contributed by atoms with van der Waals surface area (Å²) in [5.41, 5.74) is 3.84. The molecule has 6 rings (SSSR count). The number of allylic oxidation sites excluding steroid dienone is 4. The van der Waals surface area contributed by atoms with E-state index >= 15 is 0 Å². The average Bonchev–Trinajstić information content (AvgIpc) is 3.40. The fourth-order valence-corrected chi connectivity index (χ4v) is 3.85. The van der Waals surface area contributed by atoms with Crippen molar-refractivity contribution in [3.63, 3.8) is 0 Å². The maximum atomic E-state index is 5.82. The molecule has 1 saturated heterocycles. The molecule has 146 valence electrons. The van der Waals surface area contributed by atoms with Crippen LogP contribution < -0.4 is 0 Å². The van der Waals surface area contributed by atoms with E-state index in [1.54, 1.807) is 0 Å². The molecule has 7 heteroatoms. The molecule has 1 aromatic carbocycles. The molecule has 3 aromatic rings. The Bertz CT molecular complexity index is 1180. The number of nitrogens with one attached hydrogen (secondary N) is 2. The first kappa shape index (κ1) is 16.6. The molecule has 1 saturated carbocycles. The number of H-pyrrole nitrogens is 2. The molecular formula is C22H21N5O2. The third-order valence-electron chi connectivity index (χ3n) is 5.58. The SMILES string of the molecule is C1=C2CC(=CC(c3n[nH]c4ccc(-c5n[nH]c(CC6CC6)n5)cc34)=C1)OCCO2. The molecule has 1 aliphatic heterocycles. The van der Waals surface area contributed by atoms with E-state index in [1.165, 1.54) is 12.8 Å². The minimum Gasteiger partial charge on any atom is -0.494 e. The topological polar surface area (TPSA) is 88.7 Å². The second kappa shape index (κ2) is 6.62. The van der Waals surface area contributed by atoms with E-state index in [0.29, 0.717) is 19.6 Å². The normalized spacial score (nSPS) is 18.8. The fourth-order valence-electron chi connectivity index (χ4n) is 3.85. The average molecular weight is 387 g/mol. The molecule has 0 atom stereocenters. The Morgan fingerprint density at radius 2 is 1.90 bits per heavy atom. The summed E-state index contributed by atoms with van der Waals surface area (Å²) in [4.78, 5) is 4.69. The summed E-state index contributed by atoms with van der Waals surface area (Å²) >= 11 is 0. The maximum absolute atomic E-state index is 5.82. The van der Waals surface area contributed by atoms with E-state index in [2.05, 4.69) is 32.5 Å². The quantitative estimate of drug-likeness (QED) is 0.709. The minimum atomic E-state index is 0.565. The lowest BCUT2D eigenvalue weighted by atomic mass is 10.0. The monoisotopic (exact) mass is 387 g/mol. The molecule has 2 aliphatic carbocycles. The zero-order valence-corrected chi connectivity index (χ0v) is 15.9. The van der Waals surface area contributed by atoms with Gasteiger partial charge in [-0.05, 0) is 55.2 Å². The molecule has 29 heavy (non-hydrogen) atoms. The molecule has 0 spiro atoms. The second-order valence-corrected chi connectivity index (χ2v) is 7.83. The van der Waals surface area contributed by atoms with Gasteiger partial charge >= 0.3 is 0 Å². The summed E-state index contributed by atoms with van der Waals surface area (Å²) in [6.45, 7) is 1.15. The van der Waals surface area contributed by atoms with E-state index in [-0.39, 0.29) is 0 Å². The highest BCUT2D eigenvalue weighted by atomic mass is 16.5. The van der Waals surface area contributed by atoms with Gasteiger partial charge in [0.25, 0.3) is 0 Å². The van der Waals surface area contributed by atoms with Crippen molar-refractivity contribution in [2.45, 2.75) is 25.7 Å². The van der Waals surface area contributed by atoms with Crippen LogP contribution in [0.25, 0.3) is 27.9 Å². The van der Waals surface area contributed by atoms with Crippen LogP contribution in [0.5, 0.6) is 0 Å². The fraction of sp³-hybridized carbons (Fsp3) is 0.318. The maximum Gasteiger partial charge on any atom is 0.181 e. The number of fused-ring (bicyclic) bond motifs is 3. The van der Waals surface area contributed by atoms with Gasteiger partial charge in [-0.15, -0.1) is 0 Å². The van der Waals surface area contributed by atoms with Gasteiger partial charge in [0.1, 0.15) is 36.3 Å². The van der Waals surface area contributed by atoms with E-state index < -0.39 is 0 Å². The Morgan fingerprint density at radius 1 is 1.00 bits per heavy atom. The van der Waals surface area contributed by atoms with E-state index in [0.717, 1.165) is 63.2 Å². The van der Waals surface area contributed by atoms with Crippen molar-refractivity contribution < 1.29 is 9.47 Å². The highest BCUT2D eigenvalue weighted by Crippen LogP contribution is 2.33. The molecule has 0 radical (unpaired) electrons.